The summed E-state index contributed by atoms with van der Waals surface area (Å²) in [5.41, 5.74) is 7.55. The number of carbonyl (C=O) groups is 1. The maximum absolute atomic E-state index is 11.6. The molecule has 0 bridgehead atoms. The molecular formula is C13H20N2O. The predicted octanol–water partition coefficient (Wildman–Crippen LogP) is 2.45. The third kappa shape index (κ3) is 4.94. The first-order chi connectivity index (χ1) is 7.37. The molecule has 0 atom stereocenters. The van der Waals surface area contributed by atoms with E-state index < -0.39 is 0 Å². The number of carbonyl (C=O) groups excluding carboxylic acids is 1. The highest BCUT2D eigenvalue weighted by Gasteiger charge is 2.13. The Bertz CT molecular complexity index is 349. The number of hydrogen-bond donors (Lipinski definition) is 2. The van der Waals surface area contributed by atoms with Crippen molar-refractivity contribution < 1.29 is 4.79 Å². The Morgan fingerprint density at radius 1 is 1.31 bits per heavy atom. The second-order valence-electron chi connectivity index (χ2n) is 4.90. The smallest absolute Gasteiger partial charge is 0.224 e. The van der Waals surface area contributed by atoms with Gasteiger partial charge in [0, 0.05) is 17.6 Å². The van der Waals surface area contributed by atoms with Gasteiger partial charge in [0.2, 0.25) is 5.91 Å². The molecule has 1 rings (SSSR count). The van der Waals surface area contributed by atoms with Crippen LogP contribution in [0, 0.1) is 6.92 Å². The highest BCUT2D eigenvalue weighted by atomic mass is 16.1. The van der Waals surface area contributed by atoms with Crippen LogP contribution in [0.25, 0.3) is 0 Å². The average molecular weight is 220 g/mol. The summed E-state index contributed by atoms with van der Waals surface area (Å²) in [6.45, 7) is 5.86. The van der Waals surface area contributed by atoms with Gasteiger partial charge in [0.25, 0.3) is 0 Å². The minimum Gasteiger partial charge on any atom is -0.326 e. The third-order valence-corrected chi connectivity index (χ3v) is 2.33. The number of nitrogens with one attached hydrogen (secondary N) is 1. The van der Waals surface area contributed by atoms with Crippen LogP contribution in [0.4, 0.5) is 5.69 Å². The summed E-state index contributed by atoms with van der Waals surface area (Å²) in [5.74, 6) is 0.0161. The van der Waals surface area contributed by atoms with Crippen LogP contribution < -0.4 is 11.1 Å². The Morgan fingerprint density at radius 3 is 2.38 bits per heavy atom. The molecule has 0 aliphatic heterocycles. The average Bonchev–Trinajstić information content (AvgIpc) is 2.18. The molecule has 0 aromatic heterocycles. The van der Waals surface area contributed by atoms with Gasteiger partial charge < -0.3 is 11.1 Å². The molecule has 0 saturated heterocycles. The van der Waals surface area contributed by atoms with Crippen molar-refractivity contribution in [1.29, 1.82) is 0 Å². The van der Waals surface area contributed by atoms with Crippen LogP contribution in [0.2, 0.25) is 0 Å². The highest BCUT2D eigenvalue weighted by Crippen LogP contribution is 2.11. The van der Waals surface area contributed by atoms with Crippen molar-refractivity contribution in [1.82, 2.24) is 0 Å². The zero-order valence-corrected chi connectivity index (χ0v) is 10.2. The van der Waals surface area contributed by atoms with Gasteiger partial charge in [0.1, 0.15) is 0 Å². The minimum atomic E-state index is -0.287. The monoisotopic (exact) mass is 220 g/mol. The molecule has 0 saturated carbocycles. The zero-order valence-electron chi connectivity index (χ0n) is 10.2. The highest BCUT2D eigenvalue weighted by molar-refractivity contribution is 5.90. The van der Waals surface area contributed by atoms with E-state index in [9.17, 15) is 4.79 Å². The number of benzene rings is 1. The van der Waals surface area contributed by atoms with Gasteiger partial charge in [-0.25, -0.2) is 0 Å². The molecule has 1 amide bonds. The van der Waals surface area contributed by atoms with Crippen LogP contribution in [0.15, 0.2) is 24.3 Å². The molecule has 0 radical (unpaired) electrons. The van der Waals surface area contributed by atoms with Crippen molar-refractivity contribution in [3.63, 3.8) is 0 Å². The fourth-order valence-electron chi connectivity index (χ4n) is 1.30. The van der Waals surface area contributed by atoms with Gasteiger partial charge in [-0.2, -0.15) is 0 Å². The Balaban J connectivity index is 2.43. The summed E-state index contributed by atoms with van der Waals surface area (Å²) in [7, 11) is 0. The SMILES string of the molecule is Cc1ccc(NC(=O)CCC(C)(C)N)cc1. The molecule has 88 valence electrons. The van der Waals surface area contributed by atoms with Crippen molar-refractivity contribution in [2.24, 2.45) is 5.73 Å². The second-order valence-corrected chi connectivity index (χ2v) is 4.90. The van der Waals surface area contributed by atoms with E-state index in [0.29, 0.717) is 12.8 Å². The standard InChI is InChI=1S/C13H20N2O/c1-10-4-6-11(7-5-10)15-12(16)8-9-13(2,3)14/h4-7H,8-9,14H2,1-3H3,(H,15,16). The van der Waals surface area contributed by atoms with Crippen LogP contribution in [0.1, 0.15) is 32.3 Å². The summed E-state index contributed by atoms with van der Waals surface area (Å²) in [5, 5.41) is 2.85. The van der Waals surface area contributed by atoms with E-state index in [-0.39, 0.29) is 11.4 Å². The second kappa shape index (κ2) is 5.12. The van der Waals surface area contributed by atoms with Crippen LogP contribution in [0.5, 0.6) is 0 Å². The van der Waals surface area contributed by atoms with E-state index in [0.717, 1.165) is 5.69 Å². The lowest BCUT2D eigenvalue weighted by Crippen LogP contribution is -2.33. The number of amides is 1. The number of anilines is 1. The van der Waals surface area contributed by atoms with Crippen LogP contribution in [-0.4, -0.2) is 11.4 Å². The van der Waals surface area contributed by atoms with Gasteiger partial charge in [-0.15, -0.1) is 0 Å². The zero-order chi connectivity index (χ0) is 12.2. The summed E-state index contributed by atoms with van der Waals surface area (Å²) in [4.78, 5) is 11.6. The van der Waals surface area contributed by atoms with Crippen molar-refractivity contribution in [2.45, 2.75) is 39.2 Å². The molecule has 0 aliphatic carbocycles. The lowest BCUT2D eigenvalue weighted by Gasteiger charge is -2.17. The molecule has 3 heteroatoms. The Morgan fingerprint density at radius 2 is 1.88 bits per heavy atom. The third-order valence-electron chi connectivity index (χ3n) is 2.33. The molecule has 1 aromatic carbocycles. The van der Waals surface area contributed by atoms with Crippen molar-refractivity contribution >= 4 is 11.6 Å². The van der Waals surface area contributed by atoms with E-state index >= 15 is 0 Å². The predicted molar refractivity (Wildman–Crippen MR) is 67.3 cm³/mol. The van der Waals surface area contributed by atoms with Crippen LogP contribution in [-0.2, 0) is 4.79 Å². The van der Waals surface area contributed by atoms with Gasteiger partial charge >= 0.3 is 0 Å². The van der Waals surface area contributed by atoms with Crippen molar-refractivity contribution in [3.8, 4) is 0 Å². The first kappa shape index (κ1) is 12.7. The largest absolute Gasteiger partial charge is 0.326 e. The molecular weight excluding hydrogens is 200 g/mol. The van der Waals surface area contributed by atoms with Crippen LogP contribution >= 0.6 is 0 Å². The Kier molecular flexibility index (Phi) is 4.07. The summed E-state index contributed by atoms with van der Waals surface area (Å²) < 4.78 is 0. The van der Waals surface area contributed by atoms with Gasteiger partial charge in [-0.3, -0.25) is 4.79 Å². The molecule has 0 fully saturated rings. The molecule has 16 heavy (non-hydrogen) atoms. The van der Waals surface area contributed by atoms with Gasteiger partial charge in [0.05, 0.1) is 0 Å². The van der Waals surface area contributed by atoms with E-state index in [1.807, 2.05) is 45.0 Å². The van der Waals surface area contributed by atoms with E-state index in [4.69, 9.17) is 5.73 Å². The number of hydrogen-bond acceptors (Lipinski definition) is 2. The van der Waals surface area contributed by atoms with E-state index in [2.05, 4.69) is 5.32 Å². The quantitative estimate of drug-likeness (QED) is 0.819. The molecule has 3 nitrogen and oxygen atoms in total. The summed E-state index contributed by atoms with van der Waals surface area (Å²) in [6, 6.07) is 7.76. The molecule has 1 aromatic rings. The molecule has 0 heterocycles. The van der Waals surface area contributed by atoms with E-state index in [1.54, 1.807) is 0 Å². The summed E-state index contributed by atoms with van der Waals surface area (Å²) >= 11 is 0. The Hall–Kier alpha value is -1.35. The topological polar surface area (TPSA) is 55.1 Å². The lowest BCUT2D eigenvalue weighted by molar-refractivity contribution is -0.116. The van der Waals surface area contributed by atoms with Gasteiger partial charge in [-0.1, -0.05) is 17.7 Å². The fourth-order valence-corrected chi connectivity index (χ4v) is 1.30. The van der Waals surface area contributed by atoms with Gasteiger partial charge in [-0.05, 0) is 39.3 Å². The van der Waals surface area contributed by atoms with Crippen LogP contribution in [0.3, 0.4) is 0 Å². The number of rotatable bonds is 4. The first-order valence-electron chi connectivity index (χ1n) is 5.52. The minimum absolute atomic E-state index is 0.0161. The Labute approximate surface area is 97.0 Å². The maximum atomic E-state index is 11.6. The normalized spacial score (nSPS) is 11.2. The maximum Gasteiger partial charge on any atom is 0.224 e. The molecule has 3 N–H and O–H groups in total. The van der Waals surface area contributed by atoms with Crippen molar-refractivity contribution in [3.05, 3.63) is 29.8 Å². The number of aryl methyl sites for hydroxylation is 1. The number of nitrogens with two attached hydrogens (primary N) is 1. The summed E-state index contributed by atoms with van der Waals surface area (Å²) in [6.07, 6.45) is 1.14. The lowest BCUT2D eigenvalue weighted by atomic mass is 10.00. The first-order valence-corrected chi connectivity index (χ1v) is 5.52. The molecule has 0 spiro atoms. The molecule has 0 unspecified atom stereocenters. The molecule has 0 aliphatic rings. The van der Waals surface area contributed by atoms with Gasteiger partial charge in [0.15, 0.2) is 0 Å². The van der Waals surface area contributed by atoms with E-state index in [1.165, 1.54) is 5.56 Å². The fraction of sp³-hybridized carbons (Fsp3) is 0.462. The van der Waals surface area contributed by atoms with Crippen molar-refractivity contribution in [2.75, 3.05) is 5.32 Å².